The summed E-state index contributed by atoms with van der Waals surface area (Å²) in [6.45, 7) is 1.13. The summed E-state index contributed by atoms with van der Waals surface area (Å²) in [5.74, 6) is 2.45. The molecule has 1 atom stereocenters. The summed E-state index contributed by atoms with van der Waals surface area (Å²) in [7, 11) is 0. The Kier molecular flexibility index (Phi) is 3.69. The van der Waals surface area contributed by atoms with E-state index in [1.165, 1.54) is 38.5 Å². The van der Waals surface area contributed by atoms with Crippen molar-refractivity contribution in [3.05, 3.63) is 18.1 Å². The molecule has 1 aliphatic carbocycles. The van der Waals surface area contributed by atoms with Crippen LogP contribution in [-0.4, -0.2) is 22.6 Å². The smallest absolute Gasteiger partial charge is 0.136 e. The zero-order valence-electron chi connectivity index (χ0n) is 10.7. The predicted octanol–water partition coefficient (Wildman–Crippen LogP) is 3.37. The van der Waals surface area contributed by atoms with Crippen LogP contribution in [0.25, 0.3) is 0 Å². The zero-order chi connectivity index (χ0) is 12.4. The van der Waals surface area contributed by atoms with Gasteiger partial charge in [0.1, 0.15) is 12.1 Å². The summed E-state index contributed by atoms with van der Waals surface area (Å²) in [5, 5.41) is 0. The maximum Gasteiger partial charge on any atom is 0.136 e. The van der Waals surface area contributed by atoms with Crippen LogP contribution in [0.1, 0.15) is 44.1 Å². The summed E-state index contributed by atoms with van der Waals surface area (Å²) in [5.41, 5.74) is 1.07. The summed E-state index contributed by atoms with van der Waals surface area (Å²) in [6.07, 6.45) is 11.7. The van der Waals surface area contributed by atoms with Crippen molar-refractivity contribution in [3.63, 3.8) is 0 Å². The fraction of sp³-hybridized carbons (Fsp3) is 0.714. The van der Waals surface area contributed by atoms with Gasteiger partial charge in [0.25, 0.3) is 0 Å². The lowest BCUT2D eigenvalue weighted by molar-refractivity contribution is 0.429. The third-order valence-electron chi connectivity index (χ3n) is 4.42. The lowest BCUT2D eigenvalue weighted by Crippen LogP contribution is -2.35. The van der Waals surface area contributed by atoms with Gasteiger partial charge in [0.15, 0.2) is 0 Å². The van der Waals surface area contributed by atoms with E-state index in [2.05, 4.69) is 14.9 Å². The minimum atomic E-state index is 0.504. The lowest BCUT2D eigenvalue weighted by atomic mass is 9.96. The molecule has 1 aliphatic heterocycles. The van der Waals surface area contributed by atoms with E-state index in [0.29, 0.717) is 11.9 Å². The van der Waals surface area contributed by atoms with Crippen LogP contribution in [0.15, 0.2) is 12.5 Å². The molecular weight excluding hydrogens is 246 g/mol. The molecule has 1 aromatic heterocycles. The van der Waals surface area contributed by atoms with Gasteiger partial charge in [0, 0.05) is 24.3 Å². The first-order valence-electron chi connectivity index (χ1n) is 7.01. The van der Waals surface area contributed by atoms with E-state index in [1.54, 1.807) is 6.33 Å². The molecule has 1 saturated carbocycles. The molecule has 3 nitrogen and oxygen atoms in total. The van der Waals surface area contributed by atoms with Crippen molar-refractivity contribution in [1.82, 2.24) is 9.97 Å². The molecule has 1 unspecified atom stereocenters. The van der Waals surface area contributed by atoms with E-state index in [9.17, 15) is 0 Å². The summed E-state index contributed by atoms with van der Waals surface area (Å²) >= 11 is 6.01. The molecule has 0 N–H and O–H groups in total. The Morgan fingerprint density at radius 1 is 1.22 bits per heavy atom. The average molecular weight is 266 g/mol. The van der Waals surface area contributed by atoms with E-state index >= 15 is 0 Å². The van der Waals surface area contributed by atoms with Gasteiger partial charge in [-0.2, -0.15) is 0 Å². The second kappa shape index (κ2) is 5.43. The number of hydrogen-bond acceptors (Lipinski definition) is 3. The van der Waals surface area contributed by atoms with Gasteiger partial charge in [-0.3, -0.25) is 0 Å². The van der Waals surface area contributed by atoms with Crippen molar-refractivity contribution in [3.8, 4) is 0 Å². The number of alkyl halides is 1. The van der Waals surface area contributed by atoms with Crippen LogP contribution < -0.4 is 4.90 Å². The third-order valence-corrected chi connectivity index (χ3v) is 4.71. The van der Waals surface area contributed by atoms with Gasteiger partial charge in [0.05, 0.1) is 5.88 Å². The van der Waals surface area contributed by atoms with Gasteiger partial charge < -0.3 is 4.90 Å². The summed E-state index contributed by atoms with van der Waals surface area (Å²) < 4.78 is 0. The first-order chi connectivity index (χ1) is 8.90. The first kappa shape index (κ1) is 12.2. The molecule has 98 valence electrons. The van der Waals surface area contributed by atoms with Crippen LogP contribution in [0, 0.1) is 5.92 Å². The van der Waals surface area contributed by atoms with E-state index in [1.807, 2.05) is 6.20 Å². The molecule has 0 amide bonds. The van der Waals surface area contributed by atoms with Gasteiger partial charge in [0.2, 0.25) is 0 Å². The van der Waals surface area contributed by atoms with Crippen LogP contribution in [0.2, 0.25) is 0 Å². The van der Waals surface area contributed by atoms with Gasteiger partial charge in [-0.15, -0.1) is 11.6 Å². The molecule has 0 radical (unpaired) electrons. The third kappa shape index (κ3) is 2.20. The molecule has 3 rings (SSSR count). The quantitative estimate of drug-likeness (QED) is 0.785. The van der Waals surface area contributed by atoms with E-state index in [-0.39, 0.29) is 0 Å². The van der Waals surface area contributed by atoms with E-state index in [4.69, 9.17) is 11.6 Å². The lowest BCUT2D eigenvalue weighted by Gasteiger charge is -2.31. The van der Waals surface area contributed by atoms with Crippen molar-refractivity contribution in [2.45, 2.75) is 50.4 Å². The van der Waals surface area contributed by atoms with Crippen LogP contribution in [0.5, 0.6) is 0 Å². The van der Waals surface area contributed by atoms with Crippen LogP contribution >= 0.6 is 11.6 Å². The molecule has 18 heavy (non-hydrogen) atoms. The molecule has 0 spiro atoms. The summed E-state index contributed by atoms with van der Waals surface area (Å²) in [6, 6.07) is 0.685. The van der Waals surface area contributed by atoms with Gasteiger partial charge >= 0.3 is 0 Å². The van der Waals surface area contributed by atoms with Crippen molar-refractivity contribution < 1.29 is 0 Å². The topological polar surface area (TPSA) is 29.0 Å². The van der Waals surface area contributed by atoms with Gasteiger partial charge in [-0.1, -0.05) is 12.8 Å². The standard InChI is InChI=1S/C14H20ClN3/c15-8-12-9-16-10-17-14(12)18-7-3-6-13(18)11-4-1-2-5-11/h9-11,13H,1-8H2. The average Bonchev–Trinajstić information content (AvgIpc) is 3.09. The monoisotopic (exact) mass is 265 g/mol. The highest BCUT2D eigenvalue weighted by Crippen LogP contribution is 2.38. The number of anilines is 1. The molecule has 0 aromatic carbocycles. The molecule has 2 fully saturated rings. The number of hydrogen-bond donors (Lipinski definition) is 0. The maximum absolute atomic E-state index is 6.01. The second-order valence-corrected chi connectivity index (χ2v) is 5.72. The SMILES string of the molecule is ClCc1cncnc1N1CCCC1C1CCCC1. The number of nitrogens with zero attached hydrogens (tertiary/aromatic N) is 3. The second-order valence-electron chi connectivity index (χ2n) is 5.45. The molecule has 1 saturated heterocycles. The Morgan fingerprint density at radius 2 is 2.06 bits per heavy atom. The number of rotatable bonds is 3. The highest BCUT2D eigenvalue weighted by atomic mass is 35.5. The number of halogens is 1. The first-order valence-corrected chi connectivity index (χ1v) is 7.55. The van der Waals surface area contributed by atoms with Crippen LogP contribution in [-0.2, 0) is 5.88 Å². The van der Waals surface area contributed by atoms with Crippen molar-refractivity contribution in [2.75, 3.05) is 11.4 Å². The van der Waals surface area contributed by atoms with Gasteiger partial charge in [-0.25, -0.2) is 9.97 Å². The molecular formula is C14H20ClN3. The molecule has 0 bridgehead atoms. The van der Waals surface area contributed by atoms with Crippen molar-refractivity contribution in [2.24, 2.45) is 5.92 Å². The molecule has 2 aliphatic rings. The molecule has 4 heteroatoms. The fourth-order valence-corrected chi connectivity index (χ4v) is 3.78. The zero-order valence-corrected chi connectivity index (χ0v) is 11.4. The van der Waals surface area contributed by atoms with E-state index in [0.717, 1.165) is 23.8 Å². The Morgan fingerprint density at radius 3 is 2.83 bits per heavy atom. The van der Waals surface area contributed by atoms with Crippen molar-refractivity contribution >= 4 is 17.4 Å². The van der Waals surface area contributed by atoms with Gasteiger partial charge in [-0.05, 0) is 31.6 Å². The van der Waals surface area contributed by atoms with Crippen molar-refractivity contribution in [1.29, 1.82) is 0 Å². The Labute approximate surface area is 114 Å². The fourth-order valence-electron chi connectivity index (χ4n) is 3.59. The normalized spacial score (nSPS) is 24.9. The van der Waals surface area contributed by atoms with E-state index < -0.39 is 0 Å². The minimum absolute atomic E-state index is 0.504. The predicted molar refractivity (Wildman–Crippen MR) is 73.9 cm³/mol. The molecule has 1 aromatic rings. The maximum atomic E-state index is 6.01. The minimum Gasteiger partial charge on any atom is -0.353 e. The summed E-state index contributed by atoms with van der Waals surface area (Å²) in [4.78, 5) is 11.1. The Hall–Kier alpha value is -0.830. The largest absolute Gasteiger partial charge is 0.353 e. The number of aromatic nitrogens is 2. The molecule has 2 heterocycles. The Bertz CT molecular complexity index is 404. The van der Waals surface area contributed by atoms with Crippen LogP contribution in [0.3, 0.4) is 0 Å². The van der Waals surface area contributed by atoms with Crippen LogP contribution in [0.4, 0.5) is 5.82 Å². The Balaban J connectivity index is 1.85. The highest BCUT2D eigenvalue weighted by Gasteiger charge is 2.34. The highest BCUT2D eigenvalue weighted by molar-refractivity contribution is 6.17.